The van der Waals surface area contributed by atoms with Crippen LogP contribution in [0.15, 0.2) is 66.4 Å². The molecule has 96 valence electrons. The van der Waals surface area contributed by atoms with Gasteiger partial charge in [-0.2, -0.15) is 0 Å². The van der Waals surface area contributed by atoms with Crippen molar-refractivity contribution in [2.24, 2.45) is 0 Å². The molecule has 1 aromatic heterocycles. The van der Waals surface area contributed by atoms with Crippen molar-refractivity contribution in [2.45, 2.75) is 6.42 Å². The van der Waals surface area contributed by atoms with Crippen molar-refractivity contribution in [2.75, 3.05) is 0 Å². The second kappa shape index (κ2) is 4.20. The molecule has 0 saturated carbocycles. The minimum atomic E-state index is 0.724. The van der Waals surface area contributed by atoms with Crippen LogP contribution in [0.1, 0.15) is 11.1 Å². The van der Waals surface area contributed by atoms with E-state index in [1.165, 1.54) is 10.9 Å². The Morgan fingerprint density at radius 2 is 1.75 bits per heavy atom. The van der Waals surface area contributed by atoms with Gasteiger partial charge in [-0.05, 0) is 23.1 Å². The molecule has 0 unspecified atom stereocenters. The predicted molar refractivity (Wildman–Crippen MR) is 80.5 cm³/mol. The quantitative estimate of drug-likeness (QED) is 0.644. The van der Waals surface area contributed by atoms with E-state index in [2.05, 4.69) is 34.9 Å². The monoisotopic (exact) mass is 259 g/mol. The van der Waals surface area contributed by atoms with E-state index in [0.29, 0.717) is 0 Å². The maximum Gasteiger partial charge on any atom is 0.148 e. The number of carbonyl (C=O) groups excluding carboxylic acids is 1. The first kappa shape index (κ1) is 11.2. The molecule has 3 aromatic rings. The van der Waals surface area contributed by atoms with E-state index in [4.69, 9.17) is 0 Å². The Balaban J connectivity index is 2.03. The first-order valence-electron chi connectivity index (χ1n) is 6.71. The van der Waals surface area contributed by atoms with Gasteiger partial charge in [-0.25, -0.2) is 0 Å². The number of allylic oxidation sites excluding steroid dienone is 1. The van der Waals surface area contributed by atoms with Crippen molar-refractivity contribution in [1.29, 1.82) is 0 Å². The summed E-state index contributed by atoms with van der Waals surface area (Å²) in [5, 5.41) is 1.19. The number of benzene rings is 2. The summed E-state index contributed by atoms with van der Waals surface area (Å²) in [5.41, 5.74) is 5.40. The van der Waals surface area contributed by atoms with Crippen LogP contribution in [0.3, 0.4) is 0 Å². The van der Waals surface area contributed by atoms with Gasteiger partial charge in [-0.15, -0.1) is 0 Å². The molecule has 0 spiro atoms. The highest BCUT2D eigenvalue weighted by Crippen LogP contribution is 2.35. The van der Waals surface area contributed by atoms with E-state index in [1.807, 2.05) is 30.5 Å². The number of aromatic nitrogens is 1. The molecule has 20 heavy (non-hydrogen) atoms. The molecule has 4 rings (SSSR count). The zero-order valence-electron chi connectivity index (χ0n) is 10.9. The van der Waals surface area contributed by atoms with Gasteiger partial charge < -0.3 is 4.57 Å². The summed E-state index contributed by atoms with van der Waals surface area (Å²) < 4.78 is 2.13. The lowest BCUT2D eigenvalue weighted by Crippen LogP contribution is -1.98. The normalized spacial score (nSPS) is 13.8. The SMILES string of the molecule is O=CC1=C(n2ccc3ccccc32)c2ccccc2C1. The molecule has 0 aliphatic heterocycles. The van der Waals surface area contributed by atoms with Crippen molar-refractivity contribution in [3.63, 3.8) is 0 Å². The van der Waals surface area contributed by atoms with Gasteiger partial charge in [0.2, 0.25) is 0 Å². The average molecular weight is 259 g/mol. The van der Waals surface area contributed by atoms with E-state index in [1.54, 1.807) is 0 Å². The Morgan fingerprint density at radius 1 is 0.950 bits per heavy atom. The van der Waals surface area contributed by atoms with E-state index in [0.717, 1.165) is 35.1 Å². The smallest absolute Gasteiger partial charge is 0.148 e. The molecule has 2 heteroatoms. The summed E-state index contributed by atoms with van der Waals surface area (Å²) in [5.74, 6) is 0. The average Bonchev–Trinajstić information content (AvgIpc) is 3.07. The summed E-state index contributed by atoms with van der Waals surface area (Å²) in [7, 11) is 0. The lowest BCUT2D eigenvalue weighted by atomic mass is 10.1. The highest BCUT2D eigenvalue weighted by atomic mass is 16.1. The fraction of sp³-hybridized carbons (Fsp3) is 0.0556. The number of hydrogen-bond donors (Lipinski definition) is 0. The van der Waals surface area contributed by atoms with Crippen LogP contribution in [0.4, 0.5) is 0 Å². The lowest BCUT2D eigenvalue weighted by molar-refractivity contribution is -0.104. The Bertz CT molecular complexity index is 854. The standard InChI is InChI=1S/C18H13NO/c20-12-15-11-14-6-1-3-7-16(14)18(15)19-10-9-13-5-2-4-8-17(13)19/h1-10,12H,11H2. The van der Waals surface area contributed by atoms with Gasteiger partial charge in [0, 0.05) is 23.8 Å². The van der Waals surface area contributed by atoms with Crippen LogP contribution in [-0.4, -0.2) is 10.9 Å². The summed E-state index contributed by atoms with van der Waals surface area (Å²) in [6, 6.07) is 18.6. The van der Waals surface area contributed by atoms with Crippen LogP contribution in [0.25, 0.3) is 16.6 Å². The van der Waals surface area contributed by atoms with Gasteiger partial charge in [0.25, 0.3) is 0 Å². The Hall–Kier alpha value is -2.61. The van der Waals surface area contributed by atoms with Crippen molar-refractivity contribution < 1.29 is 4.79 Å². The molecule has 0 atom stereocenters. The molecule has 0 radical (unpaired) electrons. The molecule has 0 amide bonds. The van der Waals surface area contributed by atoms with Crippen molar-refractivity contribution >= 4 is 22.9 Å². The molecular weight excluding hydrogens is 246 g/mol. The lowest BCUT2D eigenvalue weighted by Gasteiger charge is -2.10. The van der Waals surface area contributed by atoms with E-state index in [-0.39, 0.29) is 0 Å². The minimum absolute atomic E-state index is 0.724. The first-order chi connectivity index (χ1) is 9.88. The van der Waals surface area contributed by atoms with E-state index < -0.39 is 0 Å². The van der Waals surface area contributed by atoms with Gasteiger partial charge in [0.1, 0.15) is 6.29 Å². The molecule has 0 N–H and O–H groups in total. The highest BCUT2D eigenvalue weighted by Gasteiger charge is 2.22. The molecule has 0 saturated heterocycles. The molecule has 0 fully saturated rings. The van der Waals surface area contributed by atoms with Crippen LogP contribution >= 0.6 is 0 Å². The zero-order chi connectivity index (χ0) is 13.5. The van der Waals surface area contributed by atoms with Crippen molar-refractivity contribution in [3.05, 3.63) is 77.5 Å². The molecule has 2 nitrogen and oxygen atoms in total. The fourth-order valence-corrected chi connectivity index (χ4v) is 3.03. The number of fused-ring (bicyclic) bond motifs is 2. The molecular formula is C18H13NO. The Kier molecular flexibility index (Phi) is 2.36. The van der Waals surface area contributed by atoms with Gasteiger partial charge in [-0.3, -0.25) is 4.79 Å². The number of nitrogens with zero attached hydrogens (tertiary/aromatic N) is 1. The first-order valence-corrected chi connectivity index (χ1v) is 6.71. The largest absolute Gasteiger partial charge is 0.316 e. The van der Waals surface area contributed by atoms with E-state index >= 15 is 0 Å². The maximum atomic E-state index is 11.4. The van der Waals surface area contributed by atoms with Gasteiger partial charge in [0.15, 0.2) is 0 Å². The van der Waals surface area contributed by atoms with Crippen molar-refractivity contribution in [1.82, 2.24) is 4.57 Å². The van der Waals surface area contributed by atoms with Gasteiger partial charge in [0.05, 0.1) is 11.2 Å². The third-order valence-electron chi connectivity index (χ3n) is 3.94. The molecule has 1 heterocycles. The van der Waals surface area contributed by atoms with Crippen LogP contribution in [-0.2, 0) is 11.2 Å². The van der Waals surface area contributed by atoms with Gasteiger partial charge in [-0.1, -0.05) is 42.5 Å². The Morgan fingerprint density at radius 3 is 2.65 bits per heavy atom. The summed E-state index contributed by atoms with van der Waals surface area (Å²) in [4.78, 5) is 11.4. The topological polar surface area (TPSA) is 22.0 Å². The second-order valence-electron chi connectivity index (χ2n) is 5.07. The zero-order valence-corrected chi connectivity index (χ0v) is 10.9. The summed E-state index contributed by atoms with van der Waals surface area (Å²) in [6.07, 6.45) is 3.76. The maximum absolute atomic E-state index is 11.4. The highest BCUT2D eigenvalue weighted by molar-refractivity contribution is 5.96. The van der Waals surface area contributed by atoms with Gasteiger partial charge >= 0.3 is 0 Å². The van der Waals surface area contributed by atoms with Crippen molar-refractivity contribution in [3.8, 4) is 0 Å². The molecule has 1 aliphatic carbocycles. The number of carbonyl (C=O) groups is 1. The van der Waals surface area contributed by atoms with Crippen LogP contribution in [0, 0.1) is 0 Å². The summed E-state index contributed by atoms with van der Waals surface area (Å²) in [6.45, 7) is 0. The fourth-order valence-electron chi connectivity index (χ4n) is 3.03. The summed E-state index contributed by atoms with van der Waals surface area (Å²) >= 11 is 0. The Labute approximate surface area is 117 Å². The number of para-hydroxylation sites is 1. The molecule has 1 aliphatic rings. The number of aldehydes is 1. The number of rotatable bonds is 2. The van der Waals surface area contributed by atoms with E-state index in [9.17, 15) is 4.79 Å². The third kappa shape index (κ3) is 1.48. The minimum Gasteiger partial charge on any atom is -0.316 e. The number of hydrogen-bond acceptors (Lipinski definition) is 1. The van der Waals surface area contributed by atoms with Crippen LogP contribution < -0.4 is 0 Å². The molecule has 0 bridgehead atoms. The second-order valence-corrected chi connectivity index (χ2v) is 5.07. The predicted octanol–water partition coefficient (Wildman–Crippen LogP) is 3.66. The van der Waals surface area contributed by atoms with Crippen LogP contribution in [0.2, 0.25) is 0 Å². The molecule has 2 aromatic carbocycles. The van der Waals surface area contributed by atoms with Crippen LogP contribution in [0.5, 0.6) is 0 Å². The third-order valence-corrected chi connectivity index (χ3v) is 3.94.